The number of hydrogen-bond donors (Lipinski definition) is 3. The molecule has 272 valence electrons. The van der Waals surface area contributed by atoms with Gasteiger partial charge in [0.15, 0.2) is 0 Å². The summed E-state index contributed by atoms with van der Waals surface area (Å²) in [7, 11) is 0. The van der Waals surface area contributed by atoms with Crippen molar-refractivity contribution in [1.82, 2.24) is 0 Å². The highest BCUT2D eigenvalue weighted by Gasteiger charge is 2.49. The maximum absolute atomic E-state index is 12.0. The summed E-state index contributed by atoms with van der Waals surface area (Å²) in [5.41, 5.74) is 5.93. The molecular weight excluding hydrogens is 601 g/mol. The molecule has 0 heterocycles. The van der Waals surface area contributed by atoms with E-state index in [0.29, 0.717) is 17.3 Å². The second kappa shape index (κ2) is 12.4. The standard InChI is InChI=1S/C46H70O3/c1-25-28(22-31(41(4,5)6)38(47)35(25)44(13,14)15)34(29-23-32(42(7,8)9)39(48)36(26(29)2)45(16,17)18)30-24-33(43(10,11)12)40(49)37(27(30)3)46(19,20)21/h22-24,28-30,34,47-49H,1-3H2,4-21H3. The Kier molecular flexibility index (Phi) is 10.2. The number of hydrogen-bond acceptors (Lipinski definition) is 3. The van der Waals surface area contributed by atoms with Gasteiger partial charge in [-0.1, -0.05) is 163 Å². The molecule has 3 aliphatic carbocycles. The molecule has 3 heteroatoms. The van der Waals surface area contributed by atoms with E-state index in [1.807, 2.05) is 0 Å². The highest BCUT2D eigenvalue weighted by atomic mass is 16.3. The highest BCUT2D eigenvalue weighted by Crippen LogP contribution is 2.58. The van der Waals surface area contributed by atoms with Gasteiger partial charge in [-0.05, 0) is 71.8 Å². The van der Waals surface area contributed by atoms with E-state index in [9.17, 15) is 15.3 Å². The Hall–Kier alpha value is -2.94. The molecule has 0 saturated carbocycles. The van der Waals surface area contributed by atoms with Gasteiger partial charge >= 0.3 is 0 Å². The molecule has 0 fully saturated rings. The average Bonchev–Trinajstić information content (AvgIpc) is 2.82. The summed E-state index contributed by atoms with van der Waals surface area (Å²) in [6, 6.07) is 0. The van der Waals surface area contributed by atoms with Gasteiger partial charge in [0.2, 0.25) is 0 Å². The van der Waals surface area contributed by atoms with Crippen LogP contribution in [0.25, 0.3) is 0 Å². The summed E-state index contributed by atoms with van der Waals surface area (Å²) in [4.78, 5) is 0. The molecule has 49 heavy (non-hydrogen) atoms. The second-order valence-corrected chi connectivity index (χ2v) is 21.1. The Bertz CT molecular complexity index is 1420. The highest BCUT2D eigenvalue weighted by molar-refractivity contribution is 5.58. The SMILES string of the molecule is C=C1C(C(C)(C)C)=C(O)C(C(C)(C)C)=CC1C(C1C=C(C(C)(C)C)C(O)=C(C(C)(C)C)C1=C)C1C=C(C(C)(C)C)C(O)=C(C(C)(C)C)C1=C. The first-order chi connectivity index (χ1) is 21.6. The van der Waals surface area contributed by atoms with Gasteiger partial charge in [0.1, 0.15) is 17.3 Å². The van der Waals surface area contributed by atoms with Crippen LogP contribution in [-0.4, -0.2) is 15.3 Å². The third-order valence-electron chi connectivity index (χ3n) is 10.6. The van der Waals surface area contributed by atoms with Crippen LogP contribution in [0.3, 0.4) is 0 Å². The molecule has 3 unspecified atom stereocenters. The Balaban J connectivity index is 2.61. The first-order valence-corrected chi connectivity index (χ1v) is 18.2. The van der Waals surface area contributed by atoms with Crippen LogP contribution in [0.1, 0.15) is 125 Å². The zero-order chi connectivity index (χ0) is 38.4. The third-order valence-corrected chi connectivity index (χ3v) is 10.6. The van der Waals surface area contributed by atoms with Crippen LogP contribution in [0.2, 0.25) is 0 Å². The Labute approximate surface area is 300 Å². The van der Waals surface area contributed by atoms with Crippen molar-refractivity contribution in [1.29, 1.82) is 0 Å². The van der Waals surface area contributed by atoms with Crippen molar-refractivity contribution >= 4 is 0 Å². The van der Waals surface area contributed by atoms with Crippen molar-refractivity contribution in [2.24, 2.45) is 56.2 Å². The van der Waals surface area contributed by atoms with Crippen molar-refractivity contribution in [3.05, 3.63) is 105 Å². The van der Waals surface area contributed by atoms with Crippen LogP contribution >= 0.6 is 0 Å². The number of aliphatic hydroxyl groups is 3. The summed E-state index contributed by atoms with van der Waals surface area (Å²) in [5, 5.41) is 35.9. The van der Waals surface area contributed by atoms with Crippen LogP contribution in [0.4, 0.5) is 0 Å². The first kappa shape index (κ1) is 40.5. The fourth-order valence-electron chi connectivity index (χ4n) is 8.46. The first-order valence-electron chi connectivity index (χ1n) is 18.2. The lowest BCUT2D eigenvalue weighted by molar-refractivity contribution is 0.258. The molecule has 0 aromatic rings. The zero-order valence-corrected chi connectivity index (χ0v) is 34.5. The van der Waals surface area contributed by atoms with Gasteiger partial charge in [0.25, 0.3) is 0 Å². The van der Waals surface area contributed by atoms with Crippen molar-refractivity contribution < 1.29 is 15.3 Å². The average molecular weight is 671 g/mol. The lowest BCUT2D eigenvalue weighted by Crippen LogP contribution is -2.40. The normalized spacial score (nSPS) is 24.7. The van der Waals surface area contributed by atoms with E-state index in [2.05, 4.69) is 143 Å². The minimum Gasteiger partial charge on any atom is -0.507 e. The molecular formula is C46H70O3. The van der Waals surface area contributed by atoms with E-state index in [4.69, 9.17) is 19.7 Å². The van der Waals surface area contributed by atoms with Gasteiger partial charge in [-0.15, -0.1) is 0 Å². The van der Waals surface area contributed by atoms with Crippen LogP contribution in [0.15, 0.2) is 105 Å². The molecule has 3 N–H and O–H groups in total. The minimum absolute atomic E-state index is 0.180. The summed E-state index contributed by atoms with van der Waals surface area (Å²) in [6.45, 7) is 53.0. The van der Waals surface area contributed by atoms with Crippen LogP contribution in [-0.2, 0) is 0 Å². The lowest BCUT2D eigenvalue weighted by atomic mass is 9.55. The van der Waals surface area contributed by atoms with Crippen molar-refractivity contribution in [2.75, 3.05) is 0 Å². The van der Waals surface area contributed by atoms with Gasteiger partial charge < -0.3 is 15.3 Å². The summed E-state index contributed by atoms with van der Waals surface area (Å²) >= 11 is 0. The van der Waals surface area contributed by atoms with Gasteiger partial charge in [-0.2, -0.15) is 0 Å². The fourth-order valence-corrected chi connectivity index (χ4v) is 8.46. The molecule has 0 aliphatic heterocycles. The van der Waals surface area contributed by atoms with E-state index in [-0.39, 0.29) is 56.2 Å². The molecule has 3 atom stereocenters. The maximum atomic E-state index is 12.0. The van der Waals surface area contributed by atoms with E-state index < -0.39 is 0 Å². The quantitative estimate of drug-likeness (QED) is 0.280. The van der Waals surface area contributed by atoms with Gasteiger partial charge in [-0.3, -0.25) is 0 Å². The van der Waals surface area contributed by atoms with Crippen molar-refractivity contribution in [2.45, 2.75) is 125 Å². The van der Waals surface area contributed by atoms with Gasteiger partial charge in [-0.25, -0.2) is 0 Å². The van der Waals surface area contributed by atoms with E-state index in [1.165, 1.54) is 0 Å². The number of allylic oxidation sites excluding steroid dienone is 12. The zero-order valence-electron chi connectivity index (χ0n) is 34.5. The molecule has 3 aliphatic rings. The lowest BCUT2D eigenvalue weighted by Gasteiger charge is -2.48. The molecule has 0 spiro atoms. The molecule has 0 amide bonds. The third kappa shape index (κ3) is 7.57. The summed E-state index contributed by atoms with van der Waals surface area (Å²) in [6.07, 6.45) is 6.78. The van der Waals surface area contributed by atoms with E-state index in [1.54, 1.807) is 0 Å². The summed E-state index contributed by atoms with van der Waals surface area (Å²) in [5.74, 6) is 0.163. The monoisotopic (exact) mass is 671 g/mol. The summed E-state index contributed by atoms with van der Waals surface area (Å²) < 4.78 is 0. The molecule has 0 saturated heterocycles. The van der Waals surface area contributed by atoms with Crippen molar-refractivity contribution in [3.8, 4) is 0 Å². The van der Waals surface area contributed by atoms with Crippen LogP contribution in [0.5, 0.6) is 0 Å². The molecule has 3 nitrogen and oxygen atoms in total. The van der Waals surface area contributed by atoms with Crippen LogP contribution in [0, 0.1) is 56.2 Å². The smallest absolute Gasteiger partial charge is 0.123 e. The fraction of sp³-hybridized carbons (Fsp3) is 0.609. The number of rotatable bonds is 3. The van der Waals surface area contributed by atoms with Crippen molar-refractivity contribution in [3.63, 3.8) is 0 Å². The molecule has 0 radical (unpaired) electrons. The topological polar surface area (TPSA) is 60.7 Å². The molecule has 0 aromatic heterocycles. The van der Waals surface area contributed by atoms with Gasteiger partial charge in [0.05, 0.1) is 0 Å². The number of aliphatic hydroxyl groups excluding tert-OH is 3. The Morgan fingerprint density at radius 2 is 0.571 bits per heavy atom. The minimum atomic E-state index is -0.371. The van der Waals surface area contributed by atoms with E-state index >= 15 is 0 Å². The Morgan fingerprint density at radius 3 is 0.714 bits per heavy atom. The molecule has 3 rings (SSSR count). The van der Waals surface area contributed by atoms with Gasteiger partial charge in [0, 0.05) is 34.5 Å². The predicted molar refractivity (Wildman–Crippen MR) is 211 cm³/mol. The van der Waals surface area contributed by atoms with E-state index in [0.717, 1.165) is 50.2 Å². The molecule has 0 aromatic carbocycles. The predicted octanol–water partition coefficient (Wildman–Crippen LogP) is 13.7. The Morgan fingerprint density at radius 1 is 0.388 bits per heavy atom. The largest absolute Gasteiger partial charge is 0.507 e. The molecule has 0 bridgehead atoms. The van der Waals surface area contributed by atoms with Crippen LogP contribution < -0.4 is 0 Å². The second-order valence-electron chi connectivity index (χ2n) is 21.1. The maximum Gasteiger partial charge on any atom is 0.123 e.